The van der Waals surface area contributed by atoms with Crippen molar-refractivity contribution in [1.82, 2.24) is 9.97 Å². The number of Topliss-reactive ketones (excluding diaryl/α,β-unsaturated/α-hetero) is 1. The Morgan fingerprint density at radius 1 is 1.23 bits per heavy atom. The molecule has 1 heterocycles. The number of thioether (sulfide) groups is 1. The van der Waals surface area contributed by atoms with E-state index >= 15 is 0 Å². The fourth-order valence-electron chi connectivity index (χ4n) is 2.79. The average molecular weight is 313 g/mol. The number of ketones is 1. The molecule has 0 amide bonds. The highest BCUT2D eigenvalue weighted by Gasteiger charge is 2.20. The van der Waals surface area contributed by atoms with Gasteiger partial charge in [-0.1, -0.05) is 23.9 Å². The summed E-state index contributed by atoms with van der Waals surface area (Å²) in [5.41, 5.74) is 10.0. The lowest BCUT2D eigenvalue weighted by atomic mass is 10.0. The molecule has 0 aliphatic heterocycles. The first-order valence-electron chi connectivity index (χ1n) is 7.47. The van der Waals surface area contributed by atoms with E-state index in [0.717, 1.165) is 24.1 Å². The molecule has 0 spiro atoms. The molecule has 2 N–H and O–H groups in total. The summed E-state index contributed by atoms with van der Waals surface area (Å²) >= 11 is 1.36. The van der Waals surface area contributed by atoms with Gasteiger partial charge in [0.05, 0.1) is 5.25 Å². The van der Waals surface area contributed by atoms with Crippen molar-refractivity contribution >= 4 is 23.4 Å². The van der Waals surface area contributed by atoms with Crippen LogP contribution in [0.4, 0.5) is 5.82 Å². The SMILES string of the molecule is Cc1cc(N)nc(SC(C)C(=O)c2ccc3c(c2)CCC3)n1. The summed E-state index contributed by atoms with van der Waals surface area (Å²) in [4.78, 5) is 21.1. The van der Waals surface area contributed by atoms with Crippen LogP contribution in [0.1, 0.15) is 40.5 Å². The average Bonchev–Trinajstić information content (AvgIpc) is 2.92. The first-order chi connectivity index (χ1) is 10.5. The van der Waals surface area contributed by atoms with Crippen molar-refractivity contribution in [3.05, 3.63) is 46.6 Å². The Labute approximate surface area is 134 Å². The van der Waals surface area contributed by atoms with Crippen LogP contribution in [0.2, 0.25) is 0 Å². The van der Waals surface area contributed by atoms with E-state index < -0.39 is 0 Å². The number of nitrogens with zero attached hydrogens (tertiary/aromatic N) is 2. The summed E-state index contributed by atoms with van der Waals surface area (Å²) in [6.45, 7) is 3.76. The predicted octanol–water partition coefficient (Wildman–Crippen LogP) is 3.22. The van der Waals surface area contributed by atoms with Crippen molar-refractivity contribution in [2.24, 2.45) is 0 Å². The minimum absolute atomic E-state index is 0.114. The van der Waals surface area contributed by atoms with Gasteiger partial charge in [-0.3, -0.25) is 4.79 Å². The van der Waals surface area contributed by atoms with Gasteiger partial charge < -0.3 is 5.73 Å². The molecule has 1 aromatic heterocycles. The number of carbonyl (C=O) groups is 1. The van der Waals surface area contributed by atoms with E-state index in [1.54, 1.807) is 6.07 Å². The zero-order valence-corrected chi connectivity index (χ0v) is 13.6. The number of aryl methyl sites for hydroxylation is 3. The number of hydrogen-bond acceptors (Lipinski definition) is 5. The van der Waals surface area contributed by atoms with Crippen molar-refractivity contribution in [3.63, 3.8) is 0 Å². The standard InChI is InChI=1S/C17H19N3OS/c1-10-8-15(18)20-17(19-10)22-11(2)16(21)14-7-6-12-4-3-5-13(12)9-14/h6-9,11H,3-5H2,1-2H3,(H2,18,19,20). The Morgan fingerprint density at radius 2 is 2.00 bits per heavy atom. The van der Waals surface area contributed by atoms with Crippen molar-refractivity contribution in [3.8, 4) is 0 Å². The molecule has 0 saturated heterocycles. The first-order valence-corrected chi connectivity index (χ1v) is 8.35. The summed E-state index contributed by atoms with van der Waals surface area (Å²) in [6, 6.07) is 7.80. The van der Waals surface area contributed by atoms with Crippen LogP contribution in [0.5, 0.6) is 0 Å². The molecule has 4 nitrogen and oxygen atoms in total. The topological polar surface area (TPSA) is 68.9 Å². The van der Waals surface area contributed by atoms with Crippen LogP contribution >= 0.6 is 11.8 Å². The summed E-state index contributed by atoms with van der Waals surface area (Å²) in [5, 5.41) is 0.320. The van der Waals surface area contributed by atoms with Crippen LogP contribution in [0.3, 0.4) is 0 Å². The summed E-state index contributed by atoms with van der Waals surface area (Å²) in [5.74, 6) is 0.551. The highest BCUT2D eigenvalue weighted by atomic mass is 32.2. The maximum atomic E-state index is 12.6. The van der Waals surface area contributed by atoms with Gasteiger partial charge in [-0.2, -0.15) is 0 Å². The number of anilines is 1. The van der Waals surface area contributed by atoms with Crippen molar-refractivity contribution in [2.45, 2.75) is 43.5 Å². The number of carbonyl (C=O) groups excluding carboxylic acids is 1. The number of rotatable bonds is 4. The molecule has 0 bridgehead atoms. The van der Waals surface area contributed by atoms with Crippen LogP contribution in [0.15, 0.2) is 29.4 Å². The second-order valence-corrected chi connectivity index (χ2v) is 6.99. The fraction of sp³-hybridized carbons (Fsp3) is 0.353. The highest BCUT2D eigenvalue weighted by Crippen LogP contribution is 2.27. The van der Waals surface area contributed by atoms with Gasteiger partial charge in [-0.15, -0.1) is 0 Å². The van der Waals surface area contributed by atoms with E-state index in [4.69, 9.17) is 5.73 Å². The summed E-state index contributed by atoms with van der Waals surface area (Å²) in [7, 11) is 0. The molecule has 1 atom stereocenters. The molecular formula is C17H19N3OS. The van der Waals surface area contributed by atoms with Gasteiger partial charge in [-0.05, 0) is 50.3 Å². The second-order valence-electron chi connectivity index (χ2n) is 5.68. The van der Waals surface area contributed by atoms with E-state index in [1.807, 2.05) is 26.0 Å². The third-order valence-corrected chi connectivity index (χ3v) is 4.85. The first kappa shape index (κ1) is 15.0. The number of hydrogen-bond donors (Lipinski definition) is 1. The molecule has 1 aromatic carbocycles. The van der Waals surface area contributed by atoms with Crippen molar-refractivity contribution in [2.75, 3.05) is 5.73 Å². The zero-order chi connectivity index (χ0) is 15.7. The second kappa shape index (κ2) is 6.08. The number of benzene rings is 1. The molecule has 0 radical (unpaired) electrons. The monoisotopic (exact) mass is 313 g/mol. The number of nitrogen functional groups attached to an aromatic ring is 1. The van der Waals surface area contributed by atoms with Gasteiger partial charge in [-0.25, -0.2) is 9.97 Å². The third kappa shape index (κ3) is 3.14. The highest BCUT2D eigenvalue weighted by molar-refractivity contribution is 8.00. The lowest BCUT2D eigenvalue weighted by molar-refractivity contribution is 0.0994. The Bertz CT molecular complexity index is 710. The van der Waals surface area contributed by atoms with Crippen LogP contribution < -0.4 is 5.73 Å². The molecule has 0 saturated carbocycles. The minimum atomic E-state index is -0.236. The lowest BCUT2D eigenvalue weighted by Gasteiger charge is -2.11. The Hall–Kier alpha value is -1.88. The predicted molar refractivity (Wildman–Crippen MR) is 89.3 cm³/mol. The zero-order valence-electron chi connectivity index (χ0n) is 12.8. The summed E-state index contributed by atoms with van der Waals surface area (Å²) in [6.07, 6.45) is 3.40. The third-order valence-electron chi connectivity index (χ3n) is 3.89. The Balaban J connectivity index is 1.76. The molecule has 2 aromatic rings. The van der Waals surface area contributed by atoms with E-state index in [9.17, 15) is 4.79 Å². The van der Waals surface area contributed by atoms with Crippen molar-refractivity contribution in [1.29, 1.82) is 0 Å². The Morgan fingerprint density at radius 3 is 2.77 bits per heavy atom. The normalized spacial score (nSPS) is 14.6. The molecule has 5 heteroatoms. The van der Waals surface area contributed by atoms with Gasteiger partial charge in [0.15, 0.2) is 10.9 Å². The molecule has 3 rings (SSSR count). The van der Waals surface area contributed by atoms with Gasteiger partial charge in [0.25, 0.3) is 0 Å². The number of fused-ring (bicyclic) bond motifs is 1. The quantitative estimate of drug-likeness (QED) is 0.533. The van der Waals surface area contributed by atoms with Crippen LogP contribution in [0.25, 0.3) is 0 Å². The van der Waals surface area contributed by atoms with E-state index in [-0.39, 0.29) is 11.0 Å². The minimum Gasteiger partial charge on any atom is -0.384 e. The molecule has 1 aliphatic carbocycles. The van der Waals surface area contributed by atoms with Gasteiger partial charge >= 0.3 is 0 Å². The molecular weight excluding hydrogens is 294 g/mol. The van der Waals surface area contributed by atoms with Crippen LogP contribution in [-0.2, 0) is 12.8 Å². The van der Waals surface area contributed by atoms with E-state index in [2.05, 4.69) is 16.0 Å². The maximum absolute atomic E-state index is 12.6. The lowest BCUT2D eigenvalue weighted by Crippen LogP contribution is -2.14. The van der Waals surface area contributed by atoms with Crippen LogP contribution in [0, 0.1) is 6.92 Å². The number of nitrogens with two attached hydrogens (primary N) is 1. The summed E-state index contributed by atoms with van der Waals surface area (Å²) < 4.78 is 0. The van der Waals surface area contributed by atoms with E-state index in [0.29, 0.717) is 11.0 Å². The maximum Gasteiger partial charge on any atom is 0.190 e. The van der Waals surface area contributed by atoms with E-state index in [1.165, 1.54) is 29.3 Å². The smallest absolute Gasteiger partial charge is 0.190 e. The van der Waals surface area contributed by atoms with Gasteiger partial charge in [0, 0.05) is 17.3 Å². The molecule has 22 heavy (non-hydrogen) atoms. The molecule has 1 aliphatic rings. The largest absolute Gasteiger partial charge is 0.384 e. The Kier molecular flexibility index (Phi) is 4.16. The molecule has 114 valence electrons. The molecule has 1 unspecified atom stereocenters. The number of aromatic nitrogens is 2. The molecule has 0 fully saturated rings. The van der Waals surface area contributed by atoms with Crippen LogP contribution in [-0.4, -0.2) is 21.0 Å². The van der Waals surface area contributed by atoms with Crippen molar-refractivity contribution < 1.29 is 4.79 Å². The van der Waals surface area contributed by atoms with Gasteiger partial charge in [0.1, 0.15) is 5.82 Å². The van der Waals surface area contributed by atoms with Gasteiger partial charge in [0.2, 0.25) is 0 Å². The fourth-order valence-corrected chi connectivity index (χ4v) is 3.70.